The van der Waals surface area contributed by atoms with Gasteiger partial charge in [0.05, 0.1) is 11.3 Å². The van der Waals surface area contributed by atoms with Gasteiger partial charge >= 0.3 is 5.97 Å². The molecule has 0 aromatic heterocycles. The zero-order valence-corrected chi connectivity index (χ0v) is 10.3. The summed E-state index contributed by atoms with van der Waals surface area (Å²) in [5, 5.41) is 21.0. The average Bonchev–Trinajstić information content (AvgIpc) is 2.98. The number of benzene rings is 1. The number of fused-ring (bicyclic) bond motifs is 1. The molecular formula is C14H15NO4. The molecule has 19 heavy (non-hydrogen) atoms. The number of phenols is 1. The zero-order chi connectivity index (χ0) is 13.6. The Morgan fingerprint density at radius 3 is 2.47 bits per heavy atom. The molecule has 2 saturated carbocycles. The van der Waals surface area contributed by atoms with Gasteiger partial charge in [0.25, 0.3) is 0 Å². The summed E-state index contributed by atoms with van der Waals surface area (Å²) in [4.78, 5) is 23.1. The number of nitrogens with one attached hydrogen (secondary N) is 1. The number of hydrogen-bond acceptors (Lipinski definition) is 3. The normalized spacial score (nSPS) is 27.7. The minimum Gasteiger partial charge on any atom is -0.508 e. The number of aromatic carboxylic acids is 1. The number of hydrogen-bond donors (Lipinski definition) is 3. The van der Waals surface area contributed by atoms with Crippen LogP contribution in [0.5, 0.6) is 5.75 Å². The first-order valence-corrected chi connectivity index (χ1v) is 6.41. The summed E-state index contributed by atoms with van der Waals surface area (Å²) in [6, 6.07) is 3.94. The van der Waals surface area contributed by atoms with E-state index in [1.165, 1.54) is 18.6 Å². The van der Waals surface area contributed by atoms with Crippen LogP contribution < -0.4 is 5.32 Å². The van der Waals surface area contributed by atoms with Crippen LogP contribution in [0.3, 0.4) is 0 Å². The summed E-state index contributed by atoms with van der Waals surface area (Å²) in [5.74, 6) is 0.00147. The number of aromatic hydroxyl groups is 1. The zero-order valence-electron chi connectivity index (χ0n) is 10.3. The Labute approximate surface area is 110 Å². The van der Waals surface area contributed by atoms with Gasteiger partial charge in [-0.2, -0.15) is 0 Å². The van der Waals surface area contributed by atoms with Gasteiger partial charge in [0.2, 0.25) is 5.91 Å². The Hall–Kier alpha value is -2.04. The van der Waals surface area contributed by atoms with Crippen molar-refractivity contribution in [2.45, 2.75) is 19.3 Å². The van der Waals surface area contributed by atoms with Crippen LogP contribution in [-0.4, -0.2) is 22.1 Å². The summed E-state index contributed by atoms with van der Waals surface area (Å²) in [7, 11) is 0. The predicted molar refractivity (Wildman–Crippen MR) is 68.0 cm³/mol. The fraction of sp³-hybridized carbons (Fsp3) is 0.429. The van der Waals surface area contributed by atoms with Gasteiger partial charge < -0.3 is 15.5 Å². The van der Waals surface area contributed by atoms with Gasteiger partial charge in [0.15, 0.2) is 0 Å². The monoisotopic (exact) mass is 261 g/mol. The van der Waals surface area contributed by atoms with Crippen molar-refractivity contribution in [3.63, 3.8) is 0 Å². The quantitative estimate of drug-likeness (QED) is 0.727. The number of anilines is 1. The topological polar surface area (TPSA) is 86.6 Å². The Kier molecular flexibility index (Phi) is 2.69. The van der Waals surface area contributed by atoms with Crippen LogP contribution in [0.2, 0.25) is 0 Å². The number of carbonyl (C=O) groups excluding carboxylic acids is 1. The maximum atomic E-state index is 12.1. The third-order valence-electron chi connectivity index (χ3n) is 4.11. The fourth-order valence-electron chi connectivity index (χ4n) is 2.98. The number of rotatable bonds is 3. The molecule has 0 aliphatic heterocycles. The number of phenolic OH excluding ortho intramolecular Hbond substituents is 1. The second-order valence-corrected chi connectivity index (χ2v) is 5.45. The summed E-state index contributed by atoms with van der Waals surface area (Å²) >= 11 is 0. The lowest BCUT2D eigenvalue weighted by molar-refractivity contribution is -0.120. The molecule has 2 aliphatic rings. The highest BCUT2D eigenvalue weighted by molar-refractivity contribution is 6.01. The molecule has 0 heterocycles. The van der Waals surface area contributed by atoms with Gasteiger partial charge in [0.1, 0.15) is 5.75 Å². The maximum Gasteiger partial charge on any atom is 0.337 e. The summed E-state index contributed by atoms with van der Waals surface area (Å²) < 4.78 is 0. The molecule has 1 amide bonds. The molecule has 2 unspecified atom stereocenters. The van der Waals surface area contributed by atoms with E-state index in [2.05, 4.69) is 5.32 Å². The van der Waals surface area contributed by atoms with Crippen molar-refractivity contribution >= 4 is 17.6 Å². The molecule has 3 N–H and O–H groups in total. The molecule has 0 spiro atoms. The molecule has 0 radical (unpaired) electrons. The molecule has 1 aromatic carbocycles. The number of carboxylic acid groups (broad SMARTS) is 1. The van der Waals surface area contributed by atoms with Crippen molar-refractivity contribution < 1.29 is 19.8 Å². The Balaban J connectivity index is 1.75. The van der Waals surface area contributed by atoms with Crippen LogP contribution in [0.25, 0.3) is 0 Å². The van der Waals surface area contributed by atoms with E-state index in [0.717, 1.165) is 18.9 Å². The van der Waals surface area contributed by atoms with Crippen molar-refractivity contribution in [2.75, 3.05) is 5.32 Å². The second-order valence-electron chi connectivity index (χ2n) is 5.45. The van der Waals surface area contributed by atoms with Crippen molar-refractivity contribution in [3.05, 3.63) is 23.8 Å². The standard InChI is InChI=1S/C14H15NO4/c16-10-1-2-12(11(6-10)14(18)19)15-13(17)9-4-7-3-8(7)5-9/h1-2,6-9,16H,3-5H2,(H,15,17)(H,18,19). The van der Waals surface area contributed by atoms with Crippen LogP contribution in [0, 0.1) is 17.8 Å². The van der Waals surface area contributed by atoms with Crippen molar-refractivity contribution in [2.24, 2.45) is 17.8 Å². The van der Waals surface area contributed by atoms with Gasteiger partial charge in [-0.25, -0.2) is 4.79 Å². The third-order valence-corrected chi connectivity index (χ3v) is 4.11. The van der Waals surface area contributed by atoms with E-state index in [0.29, 0.717) is 11.8 Å². The van der Waals surface area contributed by atoms with E-state index in [9.17, 15) is 14.7 Å². The number of carbonyl (C=O) groups is 2. The molecule has 2 atom stereocenters. The van der Waals surface area contributed by atoms with Crippen molar-refractivity contribution in [3.8, 4) is 5.75 Å². The average molecular weight is 261 g/mol. The molecule has 2 aliphatic carbocycles. The van der Waals surface area contributed by atoms with E-state index in [1.807, 2.05) is 0 Å². The van der Waals surface area contributed by atoms with Crippen LogP contribution in [-0.2, 0) is 4.79 Å². The summed E-state index contributed by atoms with van der Waals surface area (Å²) in [6.45, 7) is 0. The Morgan fingerprint density at radius 2 is 1.84 bits per heavy atom. The smallest absolute Gasteiger partial charge is 0.337 e. The fourth-order valence-corrected chi connectivity index (χ4v) is 2.98. The molecule has 2 fully saturated rings. The van der Waals surface area contributed by atoms with Crippen LogP contribution in [0.1, 0.15) is 29.6 Å². The largest absolute Gasteiger partial charge is 0.508 e. The highest BCUT2D eigenvalue weighted by Gasteiger charge is 2.48. The molecular weight excluding hydrogens is 246 g/mol. The van der Waals surface area contributed by atoms with E-state index in [-0.39, 0.29) is 28.8 Å². The van der Waals surface area contributed by atoms with Gasteiger partial charge in [-0.1, -0.05) is 0 Å². The molecule has 0 saturated heterocycles. The molecule has 0 bridgehead atoms. The van der Waals surface area contributed by atoms with Gasteiger partial charge in [-0.3, -0.25) is 4.79 Å². The lowest BCUT2D eigenvalue weighted by Gasteiger charge is -2.14. The first kappa shape index (κ1) is 12.0. The number of carboxylic acids is 1. The van der Waals surface area contributed by atoms with Crippen molar-refractivity contribution in [1.29, 1.82) is 0 Å². The van der Waals surface area contributed by atoms with Gasteiger partial charge in [0, 0.05) is 5.92 Å². The maximum absolute atomic E-state index is 12.1. The SMILES string of the molecule is O=C(O)c1cc(O)ccc1NC(=O)C1CC2CC2C1. The summed E-state index contributed by atoms with van der Waals surface area (Å²) in [5.41, 5.74) is 0.160. The lowest BCUT2D eigenvalue weighted by atomic mass is 10.0. The first-order chi connectivity index (χ1) is 9.04. The summed E-state index contributed by atoms with van der Waals surface area (Å²) in [6.07, 6.45) is 3.07. The minimum atomic E-state index is -1.17. The van der Waals surface area contributed by atoms with E-state index < -0.39 is 5.97 Å². The van der Waals surface area contributed by atoms with E-state index in [1.54, 1.807) is 0 Å². The van der Waals surface area contributed by atoms with Gasteiger partial charge in [-0.05, 0) is 49.3 Å². The molecule has 1 aromatic rings. The van der Waals surface area contributed by atoms with Crippen LogP contribution >= 0.6 is 0 Å². The molecule has 100 valence electrons. The highest BCUT2D eigenvalue weighted by Crippen LogP contribution is 2.54. The molecule has 3 rings (SSSR count). The van der Waals surface area contributed by atoms with Crippen LogP contribution in [0.4, 0.5) is 5.69 Å². The van der Waals surface area contributed by atoms with Crippen molar-refractivity contribution in [1.82, 2.24) is 0 Å². The van der Waals surface area contributed by atoms with E-state index in [4.69, 9.17) is 5.11 Å². The first-order valence-electron chi connectivity index (χ1n) is 6.41. The van der Waals surface area contributed by atoms with E-state index >= 15 is 0 Å². The predicted octanol–water partition coefficient (Wildman–Crippen LogP) is 2.08. The highest BCUT2D eigenvalue weighted by atomic mass is 16.4. The second kappa shape index (κ2) is 4.26. The van der Waals surface area contributed by atoms with Crippen LogP contribution in [0.15, 0.2) is 18.2 Å². The Bertz CT molecular complexity index is 544. The Morgan fingerprint density at radius 1 is 1.16 bits per heavy atom. The minimum absolute atomic E-state index is 0.000743. The third kappa shape index (κ3) is 2.28. The molecule has 5 nitrogen and oxygen atoms in total. The molecule has 5 heteroatoms. The number of amides is 1. The van der Waals surface area contributed by atoms with Gasteiger partial charge in [-0.15, -0.1) is 0 Å². The lowest BCUT2D eigenvalue weighted by Crippen LogP contribution is -2.22.